The average molecular weight is 351 g/mol. The lowest BCUT2D eigenvalue weighted by Gasteiger charge is -2.18. The van der Waals surface area contributed by atoms with Gasteiger partial charge in [-0.05, 0) is 36.6 Å². The Kier molecular flexibility index (Phi) is 4.70. The zero-order chi connectivity index (χ0) is 15.6. The summed E-state index contributed by atoms with van der Waals surface area (Å²) in [6, 6.07) is 17.5. The third kappa shape index (κ3) is 3.13. The van der Waals surface area contributed by atoms with Crippen LogP contribution >= 0.6 is 30.3 Å². The van der Waals surface area contributed by atoms with Gasteiger partial charge in [0, 0.05) is 9.58 Å². The molecule has 0 N–H and O–H groups in total. The maximum Gasteiger partial charge on any atom is 0.238 e. The lowest BCUT2D eigenvalue weighted by atomic mass is 10.2. The van der Waals surface area contributed by atoms with Gasteiger partial charge in [0.1, 0.15) is 0 Å². The first-order valence-electron chi connectivity index (χ1n) is 7.08. The van der Waals surface area contributed by atoms with Gasteiger partial charge in [-0.15, -0.1) is 11.3 Å². The van der Waals surface area contributed by atoms with Gasteiger partial charge in [0.25, 0.3) is 0 Å². The number of benzene rings is 2. The molecule has 1 heterocycles. The number of fused-ring (bicyclic) bond motifs is 1. The highest BCUT2D eigenvalue weighted by Crippen LogP contribution is 2.52. The second kappa shape index (κ2) is 6.55. The number of halogens is 1. The van der Waals surface area contributed by atoms with E-state index < -0.39 is 7.37 Å². The Morgan fingerprint density at radius 3 is 2.59 bits per heavy atom. The summed E-state index contributed by atoms with van der Waals surface area (Å²) < 4.78 is 20.3. The number of hydrogen-bond donors (Lipinski definition) is 0. The molecular formula is C17H16ClO2PS. The molecule has 0 aliphatic rings. The van der Waals surface area contributed by atoms with Crippen LogP contribution in [-0.4, -0.2) is 6.61 Å². The van der Waals surface area contributed by atoms with Gasteiger partial charge in [-0.2, -0.15) is 0 Å². The van der Waals surface area contributed by atoms with Crippen molar-refractivity contribution in [2.75, 3.05) is 6.61 Å². The van der Waals surface area contributed by atoms with E-state index in [0.29, 0.717) is 23.1 Å². The summed E-state index contributed by atoms with van der Waals surface area (Å²) in [5.74, 6) is 0. The van der Waals surface area contributed by atoms with Gasteiger partial charge < -0.3 is 4.52 Å². The average Bonchev–Trinajstić information content (AvgIpc) is 2.89. The first-order valence-corrected chi connectivity index (χ1v) is 10.1. The standard InChI is InChI=1S/C17H16ClO2PS/c1-2-20-21(19,16-9-5-4-8-15(16)18)12-14-11-13-7-3-6-10-17(13)22-14/h3-11H,2,12H2,1H3. The van der Waals surface area contributed by atoms with Gasteiger partial charge in [-0.3, -0.25) is 4.57 Å². The highest BCUT2D eigenvalue weighted by molar-refractivity contribution is 7.66. The largest absolute Gasteiger partial charge is 0.325 e. The first kappa shape index (κ1) is 15.8. The summed E-state index contributed by atoms with van der Waals surface area (Å²) in [7, 11) is -3.01. The van der Waals surface area contributed by atoms with Crippen LogP contribution < -0.4 is 5.30 Å². The molecule has 2 nitrogen and oxygen atoms in total. The van der Waals surface area contributed by atoms with Crippen LogP contribution in [0.3, 0.4) is 0 Å². The summed E-state index contributed by atoms with van der Waals surface area (Å²) >= 11 is 7.90. The van der Waals surface area contributed by atoms with Crippen molar-refractivity contribution in [1.82, 2.24) is 0 Å². The summed E-state index contributed by atoms with van der Waals surface area (Å²) in [5, 5.41) is 2.28. The lowest BCUT2D eigenvalue weighted by molar-refractivity contribution is 0.340. The normalized spacial score (nSPS) is 14.1. The van der Waals surface area contributed by atoms with E-state index in [1.54, 1.807) is 23.5 Å². The van der Waals surface area contributed by atoms with Crippen molar-refractivity contribution in [2.45, 2.75) is 13.1 Å². The van der Waals surface area contributed by atoms with Crippen LogP contribution in [0.1, 0.15) is 11.8 Å². The fraction of sp³-hybridized carbons (Fsp3) is 0.176. The van der Waals surface area contributed by atoms with Gasteiger partial charge in [-0.25, -0.2) is 0 Å². The molecule has 0 saturated heterocycles. The van der Waals surface area contributed by atoms with Crippen molar-refractivity contribution < 1.29 is 9.09 Å². The van der Waals surface area contributed by atoms with Crippen molar-refractivity contribution in [3.8, 4) is 0 Å². The fourth-order valence-electron chi connectivity index (χ4n) is 2.46. The smallest absolute Gasteiger partial charge is 0.238 e. The van der Waals surface area contributed by atoms with Crippen LogP contribution in [0.15, 0.2) is 54.6 Å². The molecule has 114 valence electrons. The molecule has 0 aliphatic carbocycles. The molecule has 3 aromatic rings. The van der Waals surface area contributed by atoms with Crippen molar-refractivity contribution >= 4 is 45.7 Å². The molecule has 3 rings (SSSR count). The molecule has 0 spiro atoms. The third-order valence-corrected chi connectivity index (χ3v) is 7.75. The molecule has 0 fully saturated rings. The minimum Gasteiger partial charge on any atom is -0.325 e. The summed E-state index contributed by atoms with van der Waals surface area (Å²) in [6.45, 7) is 2.25. The van der Waals surface area contributed by atoms with E-state index >= 15 is 0 Å². The van der Waals surface area contributed by atoms with E-state index in [1.807, 2.05) is 31.2 Å². The zero-order valence-corrected chi connectivity index (χ0v) is 14.6. The maximum atomic E-state index is 13.4. The minimum absolute atomic E-state index is 0.379. The van der Waals surface area contributed by atoms with Crippen LogP contribution in [0.2, 0.25) is 5.02 Å². The van der Waals surface area contributed by atoms with Crippen LogP contribution in [0.5, 0.6) is 0 Å². The van der Waals surface area contributed by atoms with Crippen molar-refractivity contribution in [3.63, 3.8) is 0 Å². The Hall–Kier alpha value is -1.12. The van der Waals surface area contributed by atoms with Crippen LogP contribution in [-0.2, 0) is 15.3 Å². The summed E-state index contributed by atoms with van der Waals surface area (Å²) in [4.78, 5) is 1.05. The fourth-order valence-corrected chi connectivity index (χ4v) is 6.64. The van der Waals surface area contributed by atoms with E-state index in [4.69, 9.17) is 16.1 Å². The molecule has 0 saturated carbocycles. The Bertz CT molecular complexity index is 810. The summed E-state index contributed by atoms with van der Waals surface area (Å²) in [6.07, 6.45) is 0.379. The second-order valence-corrected chi connectivity index (χ2v) is 8.93. The third-order valence-electron chi connectivity index (χ3n) is 3.40. The van der Waals surface area contributed by atoms with E-state index in [0.717, 1.165) is 4.88 Å². The van der Waals surface area contributed by atoms with Gasteiger partial charge in [0.05, 0.1) is 23.1 Å². The van der Waals surface area contributed by atoms with E-state index in [-0.39, 0.29) is 0 Å². The zero-order valence-electron chi connectivity index (χ0n) is 12.2. The summed E-state index contributed by atoms with van der Waals surface area (Å²) in [5.41, 5.74) is 0. The predicted octanol–water partition coefficient (Wildman–Crippen LogP) is 5.69. The SMILES string of the molecule is CCOP(=O)(Cc1cc2ccccc2s1)c1ccccc1Cl. The topological polar surface area (TPSA) is 26.3 Å². The van der Waals surface area contributed by atoms with Crippen LogP contribution in [0, 0.1) is 0 Å². The highest BCUT2D eigenvalue weighted by atomic mass is 35.5. The molecule has 0 amide bonds. The molecule has 2 aromatic carbocycles. The van der Waals surface area contributed by atoms with Crippen molar-refractivity contribution in [2.24, 2.45) is 0 Å². The molecule has 0 radical (unpaired) electrons. The van der Waals surface area contributed by atoms with E-state index in [1.165, 1.54) is 10.1 Å². The van der Waals surface area contributed by atoms with Crippen LogP contribution in [0.25, 0.3) is 10.1 Å². The second-order valence-electron chi connectivity index (χ2n) is 4.95. The minimum atomic E-state index is -3.01. The highest BCUT2D eigenvalue weighted by Gasteiger charge is 2.29. The number of thiophene rings is 1. The van der Waals surface area contributed by atoms with Gasteiger partial charge in [-0.1, -0.05) is 41.9 Å². The van der Waals surface area contributed by atoms with Crippen molar-refractivity contribution in [3.05, 3.63) is 64.5 Å². The number of rotatable bonds is 5. The molecule has 1 aromatic heterocycles. The maximum absolute atomic E-state index is 13.4. The monoisotopic (exact) mass is 350 g/mol. The quantitative estimate of drug-likeness (QED) is 0.552. The van der Waals surface area contributed by atoms with Gasteiger partial charge >= 0.3 is 0 Å². The van der Waals surface area contributed by atoms with E-state index in [2.05, 4.69) is 18.2 Å². The molecule has 22 heavy (non-hydrogen) atoms. The molecular weight excluding hydrogens is 335 g/mol. The molecule has 5 heteroatoms. The molecule has 0 aliphatic heterocycles. The Balaban J connectivity index is 2.01. The van der Waals surface area contributed by atoms with Gasteiger partial charge in [0.2, 0.25) is 7.37 Å². The van der Waals surface area contributed by atoms with Crippen molar-refractivity contribution in [1.29, 1.82) is 0 Å². The Morgan fingerprint density at radius 2 is 1.86 bits per heavy atom. The van der Waals surface area contributed by atoms with Crippen LogP contribution in [0.4, 0.5) is 0 Å². The lowest BCUT2D eigenvalue weighted by Crippen LogP contribution is -2.10. The first-order chi connectivity index (χ1) is 10.6. The predicted molar refractivity (Wildman–Crippen MR) is 95.8 cm³/mol. The van der Waals surface area contributed by atoms with E-state index in [9.17, 15) is 4.57 Å². The number of hydrogen-bond acceptors (Lipinski definition) is 3. The van der Waals surface area contributed by atoms with Gasteiger partial charge in [0.15, 0.2) is 0 Å². The molecule has 0 bridgehead atoms. The Labute approximate surface area is 139 Å². The molecule has 1 unspecified atom stereocenters. The molecule has 1 atom stereocenters. The Morgan fingerprint density at radius 1 is 1.14 bits per heavy atom.